The highest BCUT2D eigenvalue weighted by molar-refractivity contribution is 9.10. The Labute approximate surface area is 125 Å². The van der Waals surface area contributed by atoms with Crippen LogP contribution in [0.2, 0.25) is 5.02 Å². The van der Waals surface area contributed by atoms with Gasteiger partial charge in [0.05, 0.1) is 11.1 Å². The third-order valence-electron chi connectivity index (χ3n) is 2.62. The first-order valence-corrected chi connectivity index (χ1v) is 7.84. The average Bonchev–Trinajstić information content (AvgIpc) is 2.78. The third kappa shape index (κ3) is 3.12. The van der Waals surface area contributed by atoms with Gasteiger partial charge in [-0.05, 0) is 52.0 Å². The van der Waals surface area contributed by atoms with Crippen molar-refractivity contribution < 1.29 is 0 Å². The highest BCUT2D eigenvalue weighted by Crippen LogP contribution is 2.35. The molecule has 0 bridgehead atoms. The topological polar surface area (TPSA) is 24.9 Å². The van der Waals surface area contributed by atoms with Crippen LogP contribution in [0.5, 0.6) is 0 Å². The number of nitrogens with zero attached hydrogens (tertiary/aromatic N) is 1. The monoisotopic (exact) mass is 344 g/mol. The molecule has 0 saturated heterocycles. The highest BCUT2D eigenvalue weighted by Gasteiger charge is 2.19. The Morgan fingerprint density at radius 1 is 1.50 bits per heavy atom. The third-order valence-corrected chi connectivity index (χ3v) is 4.87. The van der Waals surface area contributed by atoms with Gasteiger partial charge in [-0.25, -0.2) is 0 Å². The van der Waals surface area contributed by atoms with Crippen molar-refractivity contribution in [2.75, 3.05) is 6.54 Å². The molecule has 1 unspecified atom stereocenters. The standard InChI is InChI=1S/C13H14BrClN2S/c1-2-5-17-12(13-10(14)4-7-18-13)9-3-6-16-8-11(9)15/h3-4,6-8,12,17H,2,5H2,1H3. The Kier molecular flexibility index (Phi) is 5.18. The molecular formula is C13H14BrClN2S. The minimum absolute atomic E-state index is 0.120. The predicted octanol–water partition coefficient (Wildman–Crippen LogP) is 4.65. The van der Waals surface area contributed by atoms with Crippen LogP contribution in [0, 0.1) is 0 Å². The number of pyridine rings is 1. The fourth-order valence-electron chi connectivity index (χ4n) is 1.76. The minimum Gasteiger partial charge on any atom is -0.306 e. The summed E-state index contributed by atoms with van der Waals surface area (Å²) in [6.45, 7) is 3.11. The Bertz CT molecular complexity index is 515. The van der Waals surface area contributed by atoms with Crippen molar-refractivity contribution in [2.24, 2.45) is 0 Å². The van der Waals surface area contributed by atoms with E-state index in [4.69, 9.17) is 11.6 Å². The lowest BCUT2D eigenvalue weighted by Gasteiger charge is -2.19. The van der Waals surface area contributed by atoms with Crippen molar-refractivity contribution in [2.45, 2.75) is 19.4 Å². The fourth-order valence-corrected chi connectivity index (χ4v) is 3.69. The van der Waals surface area contributed by atoms with Crippen molar-refractivity contribution in [3.05, 3.63) is 49.8 Å². The lowest BCUT2D eigenvalue weighted by molar-refractivity contribution is 0.604. The summed E-state index contributed by atoms with van der Waals surface area (Å²) in [6, 6.07) is 4.16. The van der Waals surface area contributed by atoms with E-state index in [1.807, 2.05) is 6.07 Å². The average molecular weight is 346 g/mol. The van der Waals surface area contributed by atoms with Gasteiger partial charge in [0, 0.05) is 21.7 Å². The molecule has 0 saturated carbocycles. The fraction of sp³-hybridized carbons (Fsp3) is 0.308. The zero-order valence-corrected chi connectivity index (χ0v) is 13.1. The van der Waals surface area contributed by atoms with E-state index in [1.54, 1.807) is 23.7 Å². The molecule has 0 spiro atoms. The van der Waals surface area contributed by atoms with Crippen LogP contribution in [-0.2, 0) is 0 Å². The van der Waals surface area contributed by atoms with Gasteiger partial charge in [-0.1, -0.05) is 18.5 Å². The summed E-state index contributed by atoms with van der Waals surface area (Å²) in [5, 5.41) is 6.32. The van der Waals surface area contributed by atoms with Crippen LogP contribution in [0.3, 0.4) is 0 Å². The molecule has 0 fully saturated rings. The number of rotatable bonds is 5. The Balaban J connectivity index is 2.37. The molecule has 1 N–H and O–H groups in total. The molecule has 2 aromatic heterocycles. The van der Waals surface area contributed by atoms with Crippen LogP contribution in [0.15, 0.2) is 34.4 Å². The van der Waals surface area contributed by atoms with E-state index in [-0.39, 0.29) is 6.04 Å². The molecule has 0 radical (unpaired) electrons. The van der Waals surface area contributed by atoms with Crippen molar-refractivity contribution in [1.29, 1.82) is 0 Å². The lowest BCUT2D eigenvalue weighted by atomic mass is 10.1. The van der Waals surface area contributed by atoms with E-state index in [9.17, 15) is 0 Å². The molecule has 2 aromatic rings. The van der Waals surface area contributed by atoms with E-state index >= 15 is 0 Å². The molecule has 5 heteroatoms. The van der Waals surface area contributed by atoms with Crippen molar-refractivity contribution in [1.82, 2.24) is 10.3 Å². The van der Waals surface area contributed by atoms with Crippen LogP contribution < -0.4 is 5.32 Å². The number of halogens is 2. The van der Waals surface area contributed by atoms with Gasteiger partial charge >= 0.3 is 0 Å². The van der Waals surface area contributed by atoms with E-state index in [2.05, 4.69) is 44.6 Å². The summed E-state index contributed by atoms with van der Waals surface area (Å²) >= 11 is 11.6. The SMILES string of the molecule is CCCNC(c1ccncc1Cl)c1sccc1Br. The number of nitrogens with one attached hydrogen (secondary N) is 1. The molecule has 2 heterocycles. The summed E-state index contributed by atoms with van der Waals surface area (Å²) in [4.78, 5) is 5.29. The van der Waals surface area contributed by atoms with Gasteiger partial charge in [-0.2, -0.15) is 0 Å². The van der Waals surface area contributed by atoms with E-state index in [0.717, 1.165) is 23.0 Å². The maximum atomic E-state index is 6.25. The molecule has 2 rings (SSSR count). The minimum atomic E-state index is 0.120. The van der Waals surface area contributed by atoms with Crippen LogP contribution >= 0.6 is 38.9 Å². The van der Waals surface area contributed by atoms with E-state index in [1.165, 1.54) is 4.88 Å². The molecule has 2 nitrogen and oxygen atoms in total. The second-order valence-electron chi connectivity index (χ2n) is 3.92. The summed E-state index contributed by atoms with van der Waals surface area (Å²) < 4.78 is 1.12. The zero-order valence-electron chi connectivity index (χ0n) is 9.99. The maximum absolute atomic E-state index is 6.25. The number of thiophene rings is 1. The summed E-state index contributed by atoms with van der Waals surface area (Å²) in [7, 11) is 0. The summed E-state index contributed by atoms with van der Waals surface area (Å²) in [6.07, 6.45) is 4.56. The molecule has 1 atom stereocenters. The Morgan fingerprint density at radius 3 is 2.94 bits per heavy atom. The van der Waals surface area contributed by atoms with Crippen LogP contribution in [-0.4, -0.2) is 11.5 Å². The van der Waals surface area contributed by atoms with E-state index in [0.29, 0.717) is 5.02 Å². The molecule has 0 aliphatic carbocycles. The molecule has 96 valence electrons. The second kappa shape index (κ2) is 6.66. The first-order valence-electron chi connectivity index (χ1n) is 5.79. The Hall–Kier alpha value is -0.420. The van der Waals surface area contributed by atoms with Gasteiger partial charge in [-0.15, -0.1) is 11.3 Å². The molecule has 18 heavy (non-hydrogen) atoms. The maximum Gasteiger partial charge on any atom is 0.0698 e. The van der Waals surface area contributed by atoms with Crippen molar-refractivity contribution in [3.8, 4) is 0 Å². The van der Waals surface area contributed by atoms with Crippen LogP contribution in [0.25, 0.3) is 0 Å². The zero-order chi connectivity index (χ0) is 13.0. The quantitative estimate of drug-likeness (QED) is 0.853. The van der Waals surface area contributed by atoms with Gasteiger partial charge in [0.25, 0.3) is 0 Å². The predicted molar refractivity (Wildman–Crippen MR) is 81.4 cm³/mol. The van der Waals surface area contributed by atoms with Gasteiger partial charge in [0.2, 0.25) is 0 Å². The number of hydrogen-bond donors (Lipinski definition) is 1. The van der Waals surface area contributed by atoms with E-state index < -0.39 is 0 Å². The molecule has 0 amide bonds. The van der Waals surface area contributed by atoms with Crippen LogP contribution in [0.1, 0.15) is 29.8 Å². The van der Waals surface area contributed by atoms with Gasteiger partial charge in [0.15, 0.2) is 0 Å². The van der Waals surface area contributed by atoms with Gasteiger partial charge in [0.1, 0.15) is 0 Å². The lowest BCUT2D eigenvalue weighted by Crippen LogP contribution is -2.23. The van der Waals surface area contributed by atoms with Crippen molar-refractivity contribution >= 4 is 38.9 Å². The first kappa shape index (κ1) is 14.0. The normalized spacial score (nSPS) is 12.6. The summed E-state index contributed by atoms with van der Waals surface area (Å²) in [5.74, 6) is 0. The number of aromatic nitrogens is 1. The molecule has 0 aliphatic heterocycles. The van der Waals surface area contributed by atoms with Crippen molar-refractivity contribution in [3.63, 3.8) is 0 Å². The smallest absolute Gasteiger partial charge is 0.0698 e. The van der Waals surface area contributed by atoms with Gasteiger partial charge in [-0.3, -0.25) is 4.98 Å². The second-order valence-corrected chi connectivity index (χ2v) is 6.13. The first-order chi connectivity index (χ1) is 8.74. The largest absolute Gasteiger partial charge is 0.306 e. The number of hydrogen-bond acceptors (Lipinski definition) is 3. The Morgan fingerprint density at radius 2 is 2.33 bits per heavy atom. The molecule has 0 aliphatic rings. The van der Waals surface area contributed by atoms with Crippen LogP contribution in [0.4, 0.5) is 0 Å². The molecule has 0 aromatic carbocycles. The highest BCUT2D eigenvalue weighted by atomic mass is 79.9. The van der Waals surface area contributed by atoms with Gasteiger partial charge < -0.3 is 5.32 Å². The summed E-state index contributed by atoms with van der Waals surface area (Å²) in [5.41, 5.74) is 1.07. The molecular weight excluding hydrogens is 332 g/mol.